The maximum atomic E-state index is 11.7. The van der Waals surface area contributed by atoms with Crippen LogP contribution < -0.4 is 11.1 Å². The van der Waals surface area contributed by atoms with Crippen molar-refractivity contribution < 1.29 is 9.59 Å². The highest BCUT2D eigenvalue weighted by atomic mass is 16.2. The van der Waals surface area contributed by atoms with Crippen molar-refractivity contribution in [1.29, 1.82) is 0 Å². The minimum Gasteiger partial charge on any atom is -0.399 e. The third-order valence-corrected chi connectivity index (χ3v) is 2.73. The lowest BCUT2D eigenvalue weighted by atomic mass is 9.90. The van der Waals surface area contributed by atoms with Gasteiger partial charge in [0.25, 0.3) is 5.91 Å². The summed E-state index contributed by atoms with van der Waals surface area (Å²) in [6, 6.07) is 6.79. The van der Waals surface area contributed by atoms with Crippen LogP contribution in [0.15, 0.2) is 29.3 Å². The van der Waals surface area contributed by atoms with Gasteiger partial charge in [0.2, 0.25) is 5.91 Å². The molecule has 5 heteroatoms. The van der Waals surface area contributed by atoms with E-state index in [0.717, 1.165) is 0 Å². The Morgan fingerprint density at radius 3 is 2.29 bits per heavy atom. The van der Waals surface area contributed by atoms with Crippen LogP contribution in [0.25, 0.3) is 0 Å². The Hall–Kier alpha value is -2.17. The van der Waals surface area contributed by atoms with Crippen molar-refractivity contribution in [1.82, 2.24) is 5.32 Å². The number of nitrogens with two attached hydrogens (primary N) is 1. The lowest BCUT2D eigenvalue weighted by Gasteiger charge is -2.25. The first-order valence-electron chi connectivity index (χ1n) is 5.22. The number of hydrogen-bond acceptors (Lipinski definition) is 3. The van der Waals surface area contributed by atoms with E-state index in [1.54, 1.807) is 38.1 Å². The van der Waals surface area contributed by atoms with Gasteiger partial charge in [0.15, 0.2) is 0 Å². The van der Waals surface area contributed by atoms with Crippen molar-refractivity contribution in [2.45, 2.75) is 13.8 Å². The largest absolute Gasteiger partial charge is 0.399 e. The van der Waals surface area contributed by atoms with Crippen LogP contribution in [-0.4, -0.2) is 17.6 Å². The molecular formula is C12H13N3O2. The zero-order valence-electron chi connectivity index (χ0n) is 9.65. The average molecular weight is 231 g/mol. The third kappa shape index (κ3) is 1.91. The molecule has 1 aliphatic heterocycles. The SMILES string of the molecule is CC1(C)C(=O)N=C(c2ccc(N)cc2)NC1=O. The number of carbonyl (C=O) groups is 2. The molecule has 0 aromatic heterocycles. The molecule has 0 unspecified atom stereocenters. The van der Waals surface area contributed by atoms with Gasteiger partial charge in [-0.1, -0.05) is 0 Å². The van der Waals surface area contributed by atoms with Crippen molar-refractivity contribution in [3.05, 3.63) is 29.8 Å². The average Bonchev–Trinajstić information content (AvgIpc) is 2.27. The van der Waals surface area contributed by atoms with Gasteiger partial charge >= 0.3 is 0 Å². The quantitative estimate of drug-likeness (QED) is 0.551. The number of amidine groups is 1. The highest BCUT2D eigenvalue weighted by molar-refractivity contribution is 6.22. The summed E-state index contributed by atoms with van der Waals surface area (Å²) in [5.41, 5.74) is 5.74. The zero-order valence-corrected chi connectivity index (χ0v) is 9.65. The van der Waals surface area contributed by atoms with Crippen molar-refractivity contribution >= 4 is 23.3 Å². The van der Waals surface area contributed by atoms with Gasteiger partial charge in [-0.3, -0.25) is 9.59 Å². The highest BCUT2D eigenvalue weighted by Gasteiger charge is 2.40. The van der Waals surface area contributed by atoms with Crippen LogP contribution in [0.1, 0.15) is 19.4 Å². The monoisotopic (exact) mass is 231 g/mol. The van der Waals surface area contributed by atoms with Gasteiger partial charge in [-0.05, 0) is 38.1 Å². The van der Waals surface area contributed by atoms with E-state index in [2.05, 4.69) is 10.3 Å². The Kier molecular flexibility index (Phi) is 2.46. The molecule has 2 amide bonds. The summed E-state index contributed by atoms with van der Waals surface area (Å²) >= 11 is 0. The first-order chi connectivity index (χ1) is 7.91. The van der Waals surface area contributed by atoms with Gasteiger partial charge in [0, 0.05) is 11.3 Å². The summed E-state index contributed by atoms with van der Waals surface area (Å²) in [5, 5.41) is 2.62. The summed E-state index contributed by atoms with van der Waals surface area (Å²) in [6.45, 7) is 3.10. The minimum atomic E-state index is -1.10. The van der Waals surface area contributed by atoms with E-state index < -0.39 is 11.3 Å². The topological polar surface area (TPSA) is 84.6 Å². The molecule has 1 aliphatic rings. The molecule has 5 nitrogen and oxygen atoms in total. The molecule has 2 rings (SSSR count). The van der Waals surface area contributed by atoms with E-state index in [4.69, 9.17) is 5.73 Å². The Morgan fingerprint density at radius 1 is 1.18 bits per heavy atom. The van der Waals surface area contributed by atoms with E-state index in [1.165, 1.54) is 0 Å². The number of anilines is 1. The number of nitrogens with one attached hydrogen (secondary N) is 1. The summed E-state index contributed by atoms with van der Waals surface area (Å²) in [5.74, 6) is -0.503. The van der Waals surface area contributed by atoms with Gasteiger partial charge in [-0.2, -0.15) is 4.99 Å². The fraction of sp³-hybridized carbons (Fsp3) is 0.250. The summed E-state index contributed by atoms with van der Waals surface area (Å²) in [6.07, 6.45) is 0. The number of rotatable bonds is 1. The summed E-state index contributed by atoms with van der Waals surface area (Å²) in [7, 11) is 0. The number of aliphatic imine (C=N–C) groups is 1. The fourth-order valence-electron chi connectivity index (χ4n) is 1.41. The Labute approximate surface area is 98.7 Å². The lowest BCUT2D eigenvalue weighted by Crippen LogP contribution is -2.49. The number of amides is 2. The van der Waals surface area contributed by atoms with Crippen LogP contribution in [-0.2, 0) is 9.59 Å². The van der Waals surface area contributed by atoms with Crippen LogP contribution in [0.3, 0.4) is 0 Å². The van der Waals surface area contributed by atoms with Crippen LogP contribution in [0.2, 0.25) is 0 Å². The molecule has 0 radical (unpaired) electrons. The normalized spacial score (nSPS) is 18.6. The van der Waals surface area contributed by atoms with E-state index in [0.29, 0.717) is 11.3 Å². The van der Waals surface area contributed by atoms with E-state index in [9.17, 15) is 9.59 Å². The molecule has 88 valence electrons. The molecule has 0 aliphatic carbocycles. The van der Waals surface area contributed by atoms with Crippen LogP contribution in [0.5, 0.6) is 0 Å². The molecule has 1 aromatic carbocycles. The van der Waals surface area contributed by atoms with E-state index in [1.807, 2.05) is 0 Å². The van der Waals surface area contributed by atoms with Crippen molar-refractivity contribution in [2.24, 2.45) is 10.4 Å². The maximum absolute atomic E-state index is 11.7. The Balaban J connectivity index is 2.39. The first-order valence-corrected chi connectivity index (χ1v) is 5.22. The van der Waals surface area contributed by atoms with Gasteiger partial charge < -0.3 is 11.1 Å². The maximum Gasteiger partial charge on any atom is 0.262 e. The molecule has 1 aromatic rings. The number of nitrogens with zero attached hydrogens (tertiary/aromatic N) is 1. The standard InChI is InChI=1S/C12H13N3O2/c1-12(2)10(16)14-9(15-11(12)17)7-3-5-8(13)6-4-7/h3-6H,13H2,1-2H3,(H,14,15,16,17). The van der Waals surface area contributed by atoms with E-state index >= 15 is 0 Å². The van der Waals surface area contributed by atoms with Crippen LogP contribution >= 0.6 is 0 Å². The van der Waals surface area contributed by atoms with Gasteiger partial charge in [-0.25, -0.2) is 0 Å². The number of hydrogen-bond donors (Lipinski definition) is 2. The lowest BCUT2D eigenvalue weighted by molar-refractivity contribution is -0.139. The Morgan fingerprint density at radius 2 is 1.76 bits per heavy atom. The van der Waals surface area contributed by atoms with Crippen molar-refractivity contribution in [3.8, 4) is 0 Å². The van der Waals surface area contributed by atoms with E-state index in [-0.39, 0.29) is 11.7 Å². The molecule has 0 spiro atoms. The predicted octanol–water partition coefficient (Wildman–Crippen LogP) is 0.698. The second kappa shape index (κ2) is 3.69. The first kappa shape index (κ1) is 11.3. The Bertz CT molecular complexity index is 515. The molecule has 0 atom stereocenters. The molecule has 0 saturated heterocycles. The van der Waals surface area contributed by atoms with Gasteiger partial charge in [0.1, 0.15) is 11.3 Å². The molecule has 1 heterocycles. The molecular weight excluding hydrogens is 218 g/mol. The number of benzene rings is 1. The molecule has 3 N–H and O–H groups in total. The third-order valence-electron chi connectivity index (χ3n) is 2.73. The number of nitrogen functional groups attached to an aromatic ring is 1. The van der Waals surface area contributed by atoms with Crippen molar-refractivity contribution in [2.75, 3.05) is 5.73 Å². The van der Waals surface area contributed by atoms with Crippen LogP contribution in [0.4, 0.5) is 5.69 Å². The molecule has 17 heavy (non-hydrogen) atoms. The molecule has 0 saturated carbocycles. The number of carbonyl (C=O) groups excluding carboxylic acids is 2. The van der Waals surface area contributed by atoms with Crippen molar-refractivity contribution in [3.63, 3.8) is 0 Å². The summed E-state index contributed by atoms with van der Waals surface area (Å²) in [4.78, 5) is 27.3. The molecule has 0 fully saturated rings. The zero-order chi connectivity index (χ0) is 12.6. The second-order valence-electron chi connectivity index (χ2n) is 4.47. The van der Waals surface area contributed by atoms with Gasteiger partial charge in [-0.15, -0.1) is 0 Å². The van der Waals surface area contributed by atoms with Gasteiger partial charge in [0.05, 0.1) is 0 Å². The minimum absolute atomic E-state index is 0.277. The smallest absolute Gasteiger partial charge is 0.262 e. The highest BCUT2D eigenvalue weighted by Crippen LogP contribution is 2.22. The second-order valence-corrected chi connectivity index (χ2v) is 4.47. The van der Waals surface area contributed by atoms with Crippen LogP contribution in [0, 0.1) is 5.41 Å². The molecule has 0 bridgehead atoms. The fourth-order valence-corrected chi connectivity index (χ4v) is 1.41. The summed E-state index contributed by atoms with van der Waals surface area (Å²) < 4.78 is 0. The predicted molar refractivity (Wildman–Crippen MR) is 64.3 cm³/mol.